The van der Waals surface area contributed by atoms with Gasteiger partial charge in [0.25, 0.3) is 16.6 Å². The quantitative estimate of drug-likeness (QED) is 0.189. The van der Waals surface area contributed by atoms with E-state index in [2.05, 4.69) is 102 Å². The normalized spacial score (nSPS) is 13.2. The molecule has 0 unspecified atom stereocenters. The molecule has 2 aromatic heterocycles. The second-order valence-electron chi connectivity index (χ2n) is 13.1. The highest BCUT2D eigenvalue weighted by atomic mass is 35.5. The number of nitrogens with zero attached hydrogens (tertiary/aromatic N) is 2. The van der Waals surface area contributed by atoms with Gasteiger partial charge in [-0.1, -0.05) is 114 Å². The lowest BCUT2D eigenvalue weighted by molar-refractivity contribution is 0.457. The van der Waals surface area contributed by atoms with Crippen molar-refractivity contribution < 1.29 is 8.85 Å². The second kappa shape index (κ2) is 12.8. The van der Waals surface area contributed by atoms with Gasteiger partial charge in [0.1, 0.15) is 5.39 Å². The van der Waals surface area contributed by atoms with Gasteiger partial charge in [0.15, 0.2) is 0 Å². The number of hydrogen-bond donors (Lipinski definition) is 0. The molecule has 2 heterocycles. The van der Waals surface area contributed by atoms with Crippen LogP contribution in [0.4, 0.5) is 0 Å². The minimum absolute atomic E-state index is 0.417. The minimum atomic E-state index is -2.32. The molecule has 40 heavy (non-hydrogen) atoms. The zero-order valence-corrected chi connectivity index (χ0v) is 30.6. The topological polar surface area (TPSA) is 44.2 Å². The van der Waals surface area contributed by atoms with E-state index in [-0.39, 0.29) is 0 Å². The molecular weight excluding hydrogens is 568 g/mol. The molecule has 0 bridgehead atoms. The Morgan fingerprint density at radius 2 is 1.12 bits per heavy atom. The molecule has 0 spiro atoms. The molecule has 8 heteroatoms. The predicted octanol–water partition coefficient (Wildman–Crippen LogP) is 11.7. The maximum absolute atomic E-state index is 7.38. The number of aryl methyl sites for hydroxylation is 1. The molecule has 4 nitrogen and oxygen atoms in total. The fraction of sp³-hybridized carbons (Fsp3) is 0.625. The summed E-state index contributed by atoms with van der Waals surface area (Å²) in [5, 5.41) is 1.69. The van der Waals surface area contributed by atoms with E-state index in [0.29, 0.717) is 39.1 Å². The number of benzene rings is 1. The Morgan fingerprint density at radius 1 is 0.700 bits per heavy atom. The number of rotatable bonds is 12. The van der Waals surface area contributed by atoms with Gasteiger partial charge in [-0.05, 0) is 68.9 Å². The lowest BCUT2D eigenvalue weighted by atomic mass is 10.0. The van der Waals surface area contributed by atoms with Crippen LogP contribution in [0.2, 0.25) is 38.3 Å². The summed E-state index contributed by atoms with van der Waals surface area (Å²) in [7, 11) is -4.57. The van der Waals surface area contributed by atoms with E-state index in [0.717, 1.165) is 38.7 Å². The average molecular weight is 619 g/mol. The van der Waals surface area contributed by atoms with E-state index in [9.17, 15) is 0 Å². The highest BCUT2D eigenvalue weighted by molar-refractivity contribution is 7.14. The molecule has 0 N–H and O–H groups in total. The average Bonchev–Trinajstić information content (AvgIpc) is 3.28. The first-order valence-corrected chi connectivity index (χ1v) is 20.5. The molecule has 0 radical (unpaired) electrons. The van der Waals surface area contributed by atoms with E-state index in [1.165, 1.54) is 17.1 Å². The smallest absolute Gasteiger partial charge is 0.260 e. The van der Waals surface area contributed by atoms with Crippen LogP contribution in [0.5, 0.6) is 11.8 Å². The molecule has 0 aliphatic heterocycles. The van der Waals surface area contributed by atoms with Crippen molar-refractivity contribution >= 4 is 49.9 Å². The molecule has 0 aliphatic carbocycles. The van der Waals surface area contributed by atoms with Crippen molar-refractivity contribution in [2.45, 2.75) is 130 Å². The molecule has 0 saturated heterocycles. The van der Waals surface area contributed by atoms with Gasteiger partial charge in [-0.2, -0.15) is 4.37 Å². The molecule has 0 atom stereocenters. The first-order valence-electron chi connectivity index (χ1n) is 15.1. The third kappa shape index (κ3) is 5.77. The number of halogens is 1. The Kier molecular flexibility index (Phi) is 10.6. The second-order valence-corrected chi connectivity index (χ2v) is 25.1. The highest BCUT2D eigenvalue weighted by Crippen LogP contribution is 2.50. The van der Waals surface area contributed by atoms with Crippen LogP contribution in [0, 0.1) is 0 Å². The summed E-state index contributed by atoms with van der Waals surface area (Å²) in [5.41, 5.74) is 5.76. The molecule has 0 amide bonds. The molecule has 3 aromatic rings. The van der Waals surface area contributed by atoms with Crippen molar-refractivity contribution in [2.24, 2.45) is 0 Å². The van der Waals surface area contributed by atoms with E-state index >= 15 is 0 Å². The van der Waals surface area contributed by atoms with Crippen LogP contribution in [0.15, 0.2) is 24.3 Å². The van der Waals surface area contributed by atoms with E-state index < -0.39 is 16.6 Å². The number of pyridine rings is 1. The zero-order valence-electron chi connectivity index (χ0n) is 27.0. The molecule has 3 rings (SSSR count). The molecule has 0 aliphatic rings. The van der Waals surface area contributed by atoms with E-state index in [1.54, 1.807) is 0 Å². The van der Waals surface area contributed by atoms with E-state index in [4.69, 9.17) is 29.8 Å². The molecular formula is C32H51ClN2O2SSi2. The summed E-state index contributed by atoms with van der Waals surface area (Å²) in [4.78, 5) is 5.37. The van der Waals surface area contributed by atoms with Crippen LogP contribution >= 0.6 is 23.1 Å². The third-order valence-corrected chi connectivity index (χ3v) is 22.1. The van der Waals surface area contributed by atoms with Gasteiger partial charge in [-0.3, -0.25) is 0 Å². The van der Waals surface area contributed by atoms with Gasteiger partial charge in [-0.25, -0.2) is 4.98 Å². The fourth-order valence-corrected chi connectivity index (χ4v) is 18.9. The van der Waals surface area contributed by atoms with E-state index in [1.807, 2.05) is 12.1 Å². The van der Waals surface area contributed by atoms with Crippen LogP contribution in [-0.4, -0.2) is 26.0 Å². The molecule has 1 aromatic carbocycles. The maximum Gasteiger partial charge on any atom is 0.260 e. The van der Waals surface area contributed by atoms with Crippen LogP contribution in [0.3, 0.4) is 0 Å². The molecule has 222 valence electrons. The van der Waals surface area contributed by atoms with Gasteiger partial charge >= 0.3 is 0 Å². The van der Waals surface area contributed by atoms with Crippen molar-refractivity contribution in [1.29, 1.82) is 0 Å². The van der Waals surface area contributed by atoms with Gasteiger partial charge < -0.3 is 8.85 Å². The van der Waals surface area contributed by atoms with Crippen LogP contribution in [0.25, 0.3) is 21.3 Å². The van der Waals surface area contributed by atoms with Crippen LogP contribution < -0.4 is 8.85 Å². The largest absolute Gasteiger partial charge is 0.529 e. The lowest BCUT2D eigenvalue weighted by Gasteiger charge is -2.42. The van der Waals surface area contributed by atoms with Crippen LogP contribution in [-0.2, 0) is 6.42 Å². The first kappa shape index (κ1) is 33.1. The summed E-state index contributed by atoms with van der Waals surface area (Å²) in [6, 6.07) is 7.99. The third-order valence-electron chi connectivity index (χ3n) is 9.08. The monoisotopic (exact) mass is 618 g/mol. The first-order chi connectivity index (χ1) is 18.6. The Bertz CT molecular complexity index is 1240. The molecule has 0 fully saturated rings. The van der Waals surface area contributed by atoms with Crippen molar-refractivity contribution in [3.05, 3.63) is 34.9 Å². The Morgan fingerprint density at radius 3 is 1.52 bits per heavy atom. The van der Waals surface area contributed by atoms with Gasteiger partial charge in [-0.15, -0.1) is 0 Å². The standard InChI is InChI=1S/C32H51ClN2O2SSi2/c1-14-27-29(25-15-17-26(33)18-16-25)34-31(36-39(19(2)3,20(4)5)21(6)7)28-30(27)38-35-32(28)37-40(22(8)9,23(10)11)24(12)13/h15-24H,14H2,1-13H3. The Hall–Kier alpha value is -1.42. The summed E-state index contributed by atoms with van der Waals surface area (Å²) in [6.07, 6.45) is 0.839. The Labute approximate surface area is 254 Å². The number of aromatic nitrogens is 2. The summed E-state index contributed by atoms with van der Waals surface area (Å²) < 4.78 is 20.8. The van der Waals surface area contributed by atoms with Crippen molar-refractivity contribution in [3.8, 4) is 23.0 Å². The van der Waals surface area contributed by atoms with Gasteiger partial charge in [0.05, 0.1) is 10.4 Å². The van der Waals surface area contributed by atoms with Crippen molar-refractivity contribution in [2.75, 3.05) is 0 Å². The Balaban J connectivity index is 2.43. The number of fused-ring (bicyclic) bond motifs is 1. The van der Waals surface area contributed by atoms with Crippen LogP contribution in [0.1, 0.15) is 95.6 Å². The van der Waals surface area contributed by atoms with Gasteiger partial charge in [0.2, 0.25) is 11.8 Å². The van der Waals surface area contributed by atoms with Crippen molar-refractivity contribution in [1.82, 2.24) is 9.36 Å². The zero-order chi connectivity index (χ0) is 30.2. The maximum atomic E-state index is 7.38. The highest BCUT2D eigenvalue weighted by Gasteiger charge is 2.50. The summed E-state index contributed by atoms with van der Waals surface area (Å²) >= 11 is 7.81. The summed E-state index contributed by atoms with van der Waals surface area (Å²) in [6.45, 7) is 30.0. The molecule has 0 saturated carbocycles. The fourth-order valence-electron chi connectivity index (χ4n) is 7.36. The van der Waals surface area contributed by atoms with Gasteiger partial charge in [0, 0.05) is 10.6 Å². The summed E-state index contributed by atoms with van der Waals surface area (Å²) in [5.74, 6) is 1.42. The lowest BCUT2D eigenvalue weighted by Crippen LogP contribution is -2.51. The van der Waals surface area contributed by atoms with Crippen molar-refractivity contribution in [3.63, 3.8) is 0 Å². The number of hydrogen-bond acceptors (Lipinski definition) is 5. The minimum Gasteiger partial charge on any atom is -0.529 e. The SMILES string of the molecule is CCc1c(-c2ccc(Cl)cc2)nc(O[Si](C(C)C)(C(C)C)C(C)C)c2c(O[Si](C(C)C)(C(C)C)C(C)C)nsc12. The predicted molar refractivity (Wildman–Crippen MR) is 181 cm³/mol.